The van der Waals surface area contributed by atoms with Crippen LogP contribution in [0.15, 0.2) is 109 Å². The predicted molar refractivity (Wildman–Crippen MR) is 161 cm³/mol. The van der Waals surface area contributed by atoms with E-state index in [0.717, 1.165) is 38.6 Å². The van der Waals surface area contributed by atoms with Gasteiger partial charge in [-0.05, 0) is 66.2 Å². The number of methoxy groups -OCH3 is 1. The van der Waals surface area contributed by atoms with E-state index < -0.39 is 11.5 Å². The van der Waals surface area contributed by atoms with Gasteiger partial charge in [0.1, 0.15) is 5.60 Å². The van der Waals surface area contributed by atoms with E-state index in [0.29, 0.717) is 23.9 Å². The Hall–Kier alpha value is -3.70. The lowest BCUT2D eigenvalue weighted by atomic mass is 9.70. The first-order chi connectivity index (χ1) is 18.9. The van der Waals surface area contributed by atoms with Crippen LogP contribution < -0.4 is 4.74 Å². The summed E-state index contributed by atoms with van der Waals surface area (Å²) in [5.41, 5.74) is 3.25. The van der Waals surface area contributed by atoms with E-state index in [1.165, 1.54) is 0 Å². The highest BCUT2D eigenvalue weighted by Gasteiger charge is 2.43. The van der Waals surface area contributed by atoms with Crippen LogP contribution in [0.4, 0.5) is 0 Å². The molecule has 39 heavy (non-hydrogen) atoms. The van der Waals surface area contributed by atoms with Crippen LogP contribution in [0.25, 0.3) is 21.9 Å². The quantitative estimate of drug-likeness (QED) is 0.211. The van der Waals surface area contributed by atoms with Gasteiger partial charge in [0.2, 0.25) is 5.88 Å². The Balaban J connectivity index is 1.81. The number of pyridine rings is 1. The summed E-state index contributed by atoms with van der Waals surface area (Å²) in [5, 5.41) is 15.9. The second-order valence-electron chi connectivity index (χ2n) is 10.2. The van der Waals surface area contributed by atoms with E-state index >= 15 is 0 Å². The first kappa shape index (κ1) is 26.9. The zero-order valence-corrected chi connectivity index (χ0v) is 23.3. The van der Waals surface area contributed by atoms with Gasteiger partial charge < -0.3 is 14.7 Å². The van der Waals surface area contributed by atoms with Crippen molar-refractivity contribution in [1.82, 2.24) is 9.88 Å². The van der Waals surface area contributed by atoms with Gasteiger partial charge in [0.25, 0.3) is 0 Å². The summed E-state index contributed by atoms with van der Waals surface area (Å²) in [6, 6.07) is 34.4. The first-order valence-corrected chi connectivity index (χ1v) is 13.5. The molecule has 4 aromatic carbocycles. The molecular weight excluding hydrogens is 504 g/mol. The summed E-state index contributed by atoms with van der Waals surface area (Å²) < 4.78 is 5.85. The Bertz CT molecular complexity index is 1570. The second kappa shape index (κ2) is 11.6. The maximum Gasteiger partial charge on any atom is 0.217 e. The second-order valence-corrected chi connectivity index (χ2v) is 10.6. The number of hydrogen-bond donors (Lipinski definition) is 1. The molecule has 5 heteroatoms. The summed E-state index contributed by atoms with van der Waals surface area (Å²) >= 11 is 6.34. The molecule has 0 spiro atoms. The van der Waals surface area contributed by atoms with Crippen LogP contribution in [0.5, 0.6) is 5.88 Å². The minimum Gasteiger partial charge on any atom is -0.481 e. The Morgan fingerprint density at radius 2 is 1.59 bits per heavy atom. The summed E-state index contributed by atoms with van der Waals surface area (Å²) in [5.74, 6) is 0.0178. The lowest BCUT2D eigenvalue weighted by Gasteiger charge is -2.39. The zero-order valence-electron chi connectivity index (χ0n) is 22.5. The third kappa shape index (κ3) is 5.55. The van der Waals surface area contributed by atoms with Crippen molar-refractivity contribution in [2.24, 2.45) is 0 Å². The van der Waals surface area contributed by atoms with Crippen molar-refractivity contribution < 1.29 is 9.84 Å². The van der Waals surface area contributed by atoms with Gasteiger partial charge in [0.05, 0.1) is 7.11 Å². The number of ether oxygens (including phenoxy) is 1. The van der Waals surface area contributed by atoms with Gasteiger partial charge in [-0.2, -0.15) is 0 Å². The molecule has 0 aliphatic heterocycles. The lowest BCUT2D eigenvalue weighted by Crippen LogP contribution is -2.38. The topological polar surface area (TPSA) is 45.6 Å². The zero-order chi connectivity index (χ0) is 27.4. The molecule has 0 amide bonds. The highest BCUT2D eigenvalue weighted by molar-refractivity contribution is 6.30. The van der Waals surface area contributed by atoms with Gasteiger partial charge >= 0.3 is 0 Å². The number of fused-ring (bicyclic) bond motifs is 1. The number of hydrogen-bond acceptors (Lipinski definition) is 4. The van der Waals surface area contributed by atoms with E-state index in [-0.39, 0.29) is 0 Å². The monoisotopic (exact) mass is 536 g/mol. The van der Waals surface area contributed by atoms with Crippen molar-refractivity contribution in [1.29, 1.82) is 0 Å². The molecule has 4 nitrogen and oxygen atoms in total. The molecule has 1 heterocycles. The third-order valence-corrected chi connectivity index (χ3v) is 7.58. The molecule has 0 fully saturated rings. The average molecular weight is 537 g/mol. The normalized spacial score (nSPS) is 13.8. The smallest absolute Gasteiger partial charge is 0.217 e. The van der Waals surface area contributed by atoms with Crippen molar-refractivity contribution in [3.63, 3.8) is 0 Å². The Labute approximate surface area is 235 Å². The summed E-state index contributed by atoms with van der Waals surface area (Å²) in [7, 11) is 5.69. The van der Waals surface area contributed by atoms with Crippen LogP contribution in [0.2, 0.25) is 5.02 Å². The minimum atomic E-state index is -1.28. The van der Waals surface area contributed by atoms with Crippen molar-refractivity contribution in [2.45, 2.75) is 17.9 Å². The fourth-order valence-electron chi connectivity index (χ4n) is 5.46. The molecule has 2 atom stereocenters. The molecule has 5 aromatic rings. The van der Waals surface area contributed by atoms with Crippen molar-refractivity contribution in [3.8, 4) is 17.0 Å². The molecular formula is C34H33ClN2O2. The van der Waals surface area contributed by atoms with Gasteiger partial charge in [0.15, 0.2) is 0 Å². The van der Waals surface area contributed by atoms with Crippen molar-refractivity contribution in [3.05, 3.63) is 131 Å². The SMILES string of the molecule is COc1ncc(-c2cccc(Cl)c2)cc1C(c1ccccc1)C(O)(CCN(C)C)c1cccc2ccccc12. The molecule has 0 aliphatic carbocycles. The highest BCUT2D eigenvalue weighted by Crippen LogP contribution is 2.49. The summed E-state index contributed by atoms with van der Waals surface area (Å²) in [6.07, 6.45) is 2.30. The number of benzene rings is 4. The molecule has 1 N–H and O–H groups in total. The van der Waals surface area contributed by atoms with Gasteiger partial charge in [-0.3, -0.25) is 0 Å². The minimum absolute atomic E-state index is 0.467. The van der Waals surface area contributed by atoms with Crippen LogP contribution >= 0.6 is 11.6 Å². The lowest BCUT2D eigenvalue weighted by molar-refractivity contribution is 0.00517. The standard InChI is InChI=1S/C34H33ClN2O2/c1-37(2)20-19-34(38,31-18-10-14-24-11-7-8-17-29(24)31)32(25-12-5-4-6-13-25)30-22-27(23-36-33(30)39-3)26-15-9-16-28(35)21-26/h4-18,21-23,32,38H,19-20H2,1-3H3. The average Bonchev–Trinajstić information content (AvgIpc) is 2.96. The van der Waals surface area contributed by atoms with E-state index in [4.69, 9.17) is 21.3 Å². The maximum atomic E-state index is 13.1. The van der Waals surface area contributed by atoms with E-state index in [1.807, 2.05) is 74.8 Å². The Morgan fingerprint density at radius 1 is 0.872 bits per heavy atom. The van der Waals surface area contributed by atoms with Gasteiger partial charge in [-0.15, -0.1) is 0 Å². The van der Waals surface area contributed by atoms with Gasteiger partial charge in [-0.25, -0.2) is 4.98 Å². The maximum absolute atomic E-state index is 13.1. The fraction of sp³-hybridized carbons (Fsp3) is 0.206. The van der Waals surface area contributed by atoms with Crippen molar-refractivity contribution in [2.75, 3.05) is 27.7 Å². The highest BCUT2D eigenvalue weighted by atomic mass is 35.5. The molecule has 0 bridgehead atoms. The Morgan fingerprint density at radius 3 is 2.33 bits per heavy atom. The van der Waals surface area contributed by atoms with Crippen LogP contribution in [0.3, 0.4) is 0 Å². The molecule has 1 aromatic heterocycles. The predicted octanol–water partition coefficient (Wildman–Crippen LogP) is 7.54. The number of nitrogens with zero attached hydrogens (tertiary/aromatic N) is 2. The molecule has 198 valence electrons. The molecule has 5 rings (SSSR count). The first-order valence-electron chi connectivity index (χ1n) is 13.1. The van der Waals surface area contributed by atoms with Crippen LogP contribution in [-0.4, -0.2) is 42.7 Å². The van der Waals surface area contributed by atoms with Crippen molar-refractivity contribution >= 4 is 22.4 Å². The molecule has 2 unspecified atom stereocenters. The van der Waals surface area contributed by atoms with E-state index in [1.54, 1.807) is 13.3 Å². The van der Waals surface area contributed by atoms with Crippen LogP contribution in [0.1, 0.15) is 29.0 Å². The number of aromatic nitrogens is 1. The van der Waals surface area contributed by atoms with E-state index in [2.05, 4.69) is 47.4 Å². The molecule has 0 saturated carbocycles. The number of rotatable bonds is 9. The van der Waals surface area contributed by atoms with Crippen LogP contribution in [-0.2, 0) is 5.60 Å². The largest absolute Gasteiger partial charge is 0.481 e. The third-order valence-electron chi connectivity index (χ3n) is 7.35. The van der Waals surface area contributed by atoms with Gasteiger partial charge in [0, 0.05) is 34.8 Å². The Kier molecular flexibility index (Phi) is 7.99. The summed E-state index contributed by atoms with van der Waals surface area (Å²) in [6.45, 7) is 0.687. The van der Waals surface area contributed by atoms with Gasteiger partial charge in [-0.1, -0.05) is 96.5 Å². The number of aliphatic hydroxyl groups is 1. The molecule has 0 saturated heterocycles. The summed E-state index contributed by atoms with van der Waals surface area (Å²) in [4.78, 5) is 6.83. The number of halogens is 1. The fourth-order valence-corrected chi connectivity index (χ4v) is 5.65. The molecule has 0 radical (unpaired) electrons. The van der Waals surface area contributed by atoms with Crippen LogP contribution in [0, 0.1) is 0 Å². The molecule has 0 aliphatic rings. The van der Waals surface area contributed by atoms with E-state index in [9.17, 15) is 5.11 Å².